The molecule has 0 saturated carbocycles. The van der Waals surface area contributed by atoms with Gasteiger partial charge in [0, 0.05) is 19.6 Å². The minimum absolute atomic E-state index is 0.166. The zero-order valence-electron chi connectivity index (χ0n) is 12.2. The maximum Gasteiger partial charge on any atom is 0.172 e. The number of rotatable bonds is 4. The monoisotopic (exact) mass is 343 g/mol. The van der Waals surface area contributed by atoms with Gasteiger partial charge in [-0.05, 0) is 54.4 Å². The van der Waals surface area contributed by atoms with E-state index in [1.54, 1.807) is 0 Å². The van der Waals surface area contributed by atoms with Crippen molar-refractivity contribution in [2.24, 2.45) is 0 Å². The molecule has 0 bridgehead atoms. The summed E-state index contributed by atoms with van der Waals surface area (Å²) in [5.74, 6) is 0.700. The highest BCUT2D eigenvalue weighted by Crippen LogP contribution is 2.36. The predicted molar refractivity (Wildman–Crippen MR) is 82.3 cm³/mol. The van der Waals surface area contributed by atoms with Crippen LogP contribution in [0.4, 0.5) is 0 Å². The standard InChI is InChI=1S/C15H22BrNO3/c1-4-19-14-6-12(5-13(16)15(14)18)9-17-7-10(2)20-11(3)8-17/h5-6,10-11,18H,4,7-9H2,1-3H3. The predicted octanol–water partition coefficient (Wildman–Crippen LogP) is 3.16. The van der Waals surface area contributed by atoms with Crippen LogP contribution in [0.1, 0.15) is 26.3 Å². The highest BCUT2D eigenvalue weighted by molar-refractivity contribution is 9.10. The van der Waals surface area contributed by atoms with E-state index in [0.29, 0.717) is 16.8 Å². The summed E-state index contributed by atoms with van der Waals surface area (Å²) >= 11 is 3.38. The summed E-state index contributed by atoms with van der Waals surface area (Å²) in [7, 11) is 0. The van der Waals surface area contributed by atoms with Crippen LogP contribution in [-0.2, 0) is 11.3 Å². The van der Waals surface area contributed by atoms with E-state index in [0.717, 1.165) is 25.2 Å². The van der Waals surface area contributed by atoms with Gasteiger partial charge in [-0.1, -0.05) is 0 Å². The Bertz CT molecular complexity index is 457. The summed E-state index contributed by atoms with van der Waals surface area (Å²) in [5, 5.41) is 9.94. The molecule has 0 radical (unpaired) electrons. The minimum atomic E-state index is 0.166. The summed E-state index contributed by atoms with van der Waals surface area (Å²) in [6, 6.07) is 3.86. The number of hydrogen-bond acceptors (Lipinski definition) is 4. The fourth-order valence-corrected chi connectivity index (χ4v) is 3.15. The molecule has 4 nitrogen and oxygen atoms in total. The zero-order chi connectivity index (χ0) is 14.7. The fourth-order valence-electron chi connectivity index (χ4n) is 2.66. The summed E-state index contributed by atoms with van der Waals surface area (Å²) in [4.78, 5) is 2.37. The van der Waals surface area contributed by atoms with Crippen molar-refractivity contribution in [1.82, 2.24) is 4.90 Å². The molecule has 1 aliphatic rings. The highest BCUT2D eigenvalue weighted by atomic mass is 79.9. The van der Waals surface area contributed by atoms with Crippen molar-refractivity contribution in [3.05, 3.63) is 22.2 Å². The lowest BCUT2D eigenvalue weighted by Gasteiger charge is -2.35. The molecule has 1 aliphatic heterocycles. The molecule has 20 heavy (non-hydrogen) atoms. The number of hydrogen-bond donors (Lipinski definition) is 1. The van der Waals surface area contributed by atoms with Gasteiger partial charge < -0.3 is 14.6 Å². The molecule has 2 atom stereocenters. The van der Waals surface area contributed by atoms with Gasteiger partial charge in [-0.2, -0.15) is 0 Å². The van der Waals surface area contributed by atoms with Gasteiger partial charge in [0.2, 0.25) is 0 Å². The second kappa shape index (κ2) is 6.78. The topological polar surface area (TPSA) is 41.9 Å². The van der Waals surface area contributed by atoms with Crippen molar-refractivity contribution in [1.29, 1.82) is 0 Å². The van der Waals surface area contributed by atoms with Crippen molar-refractivity contribution in [2.45, 2.75) is 39.5 Å². The third-order valence-corrected chi connectivity index (χ3v) is 3.89. The van der Waals surface area contributed by atoms with Gasteiger partial charge >= 0.3 is 0 Å². The maximum atomic E-state index is 9.94. The lowest BCUT2D eigenvalue weighted by molar-refractivity contribution is -0.0705. The molecular formula is C15H22BrNO3. The Morgan fingerprint density at radius 1 is 1.35 bits per heavy atom. The molecule has 1 fully saturated rings. The van der Waals surface area contributed by atoms with Crippen molar-refractivity contribution in [3.63, 3.8) is 0 Å². The smallest absolute Gasteiger partial charge is 0.172 e. The average Bonchev–Trinajstić information content (AvgIpc) is 2.34. The number of phenols is 1. The average molecular weight is 344 g/mol. The molecular weight excluding hydrogens is 322 g/mol. The molecule has 1 saturated heterocycles. The summed E-state index contributed by atoms with van der Waals surface area (Å²) < 4.78 is 11.9. The van der Waals surface area contributed by atoms with E-state index in [1.807, 2.05) is 19.1 Å². The van der Waals surface area contributed by atoms with Crippen LogP contribution < -0.4 is 4.74 Å². The Morgan fingerprint density at radius 3 is 2.60 bits per heavy atom. The first-order chi connectivity index (χ1) is 9.49. The van der Waals surface area contributed by atoms with Crippen molar-refractivity contribution < 1.29 is 14.6 Å². The fraction of sp³-hybridized carbons (Fsp3) is 0.600. The van der Waals surface area contributed by atoms with Crippen LogP contribution in [0.25, 0.3) is 0 Å². The Hall–Kier alpha value is -0.780. The number of nitrogens with zero attached hydrogens (tertiary/aromatic N) is 1. The molecule has 1 heterocycles. The van der Waals surface area contributed by atoms with Crippen molar-refractivity contribution in [3.8, 4) is 11.5 Å². The van der Waals surface area contributed by atoms with Crippen LogP contribution in [0.3, 0.4) is 0 Å². The van der Waals surface area contributed by atoms with E-state index in [2.05, 4.69) is 34.7 Å². The minimum Gasteiger partial charge on any atom is -0.503 e. The van der Waals surface area contributed by atoms with Crippen LogP contribution in [0.2, 0.25) is 0 Å². The molecule has 112 valence electrons. The van der Waals surface area contributed by atoms with Crippen LogP contribution in [0, 0.1) is 0 Å². The molecule has 2 rings (SSSR count). The molecule has 1 aromatic carbocycles. The van der Waals surface area contributed by atoms with Crippen LogP contribution in [0.5, 0.6) is 11.5 Å². The van der Waals surface area contributed by atoms with Crippen LogP contribution >= 0.6 is 15.9 Å². The van der Waals surface area contributed by atoms with Gasteiger partial charge in [0.1, 0.15) is 0 Å². The normalized spacial score (nSPS) is 23.8. The summed E-state index contributed by atoms with van der Waals surface area (Å²) in [6.07, 6.45) is 0.510. The molecule has 0 amide bonds. The summed E-state index contributed by atoms with van der Waals surface area (Å²) in [5.41, 5.74) is 1.12. The number of ether oxygens (including phenoxy) is 2. The van der Waals surface area contributed by atoms with Gasteiger partial charge in [0.05, 0.1) is 23.3 Å². The first-order valence-electron chi connectivity index (χ1n) is 7.01. The highest BCUT2D eigenvalue weighted by Gasteiger charge is 2.22. The van der Waals surface area contributed by atoms with Crippen molar-refractivity contribution >= 4 is 15.9 Å². The van der Waals surface area contributed by atoms with Gasteiger partial charge in [0.25, 0.3) is 0 Å². The first-order valence-corrected chi connectivity index (χ1v) is 7.81. The number of phenolic OH excluding ortho intramolecular Hbond substituents is 1. The van der Waals surface area contributed by atoms with Crippen LogP contribution in [0.15, 0.2) is 16.6 Å². The Balaban J connectivity index is 2.12. The lowest BCUT2D eigenvalue weighted by atomic mass is 10.1. The van der Waals surface area contributed by atoms with Gasteiger partial charge in [-0.15, -0.1) is 0 Å². The molecule has 0 aromatic heterocycles. The van der Waals surface area contributed by atoms with E-state index in [-0.39, 0.29) is 18.0 Å². The van der Waals surface area contributed by atoms with E-state index < -0.39 is 0 Å². The molecule has 5 heteroatoms. The van der Waals surface area contributed by atoms with E-state index in [9.17, 15) is 5.11 Å². The lowest BCUT2D eigenvalue weighted by Crippen LogP contribution is -2.44. The molecule has 2 unspecified atom stereocenters. The Labute approximate surface area is 128 Å². The van der Waals surface area contributed by atoms with E-state index in [1.165, 1.54) is 0 Å². The van der Waals surface area contributed by atoms with E-state index in [4.69, 9.17) is 9.47 Å². The Morgan fingerprint density at radius 2 is 2.00 bits per heavy atom. The quantitative estimate of drug-likeness (QED) is 0.911. The Kier molecular flexibility index (Phi) is 5.29. The third-order valence-electron chi connectivity index (χ3n) is 3.29. The van der Waals surface area contributed by atoms with Crippen molar-refractivity contribution in [2.75, 3.05) is 19.7 Å². The number of aromatic hydroxyl groups is 1. The van der Waals surface area contributed by atoms with Crippen LogP contribution in [-0.4, -0.2) is 41.9 Å². The van der Waals surface area contributed by atoms with Gasteiger partial charge in [-0.3, -0.25) is 4.90 Å². The number of halogens is 1. The van der Waals surface area contributed by atoms with E-state index >= 15 is 0 Å². The molecule has 0 spiro atoms. The van der Waals surface area contributed by atoms with Gasteiger partial charge in [0.15, 0.2) is 11.5 Å². The second-order valence-corrected chi connectivity index (χ2v) is 6.16. The number of morpholine rings is 1. The second-order valence-electron chi connectivity index (χ2n) is 5.31. The maximum absolute atomic E-state index is 9.94. The zero-order valence-corrected chi connectivity index (χ0v) is 13.8. The third kappa shape index (κ3) is 3.87. The first kappa shape index (κ1) is 15.6. The SMILES string of the molecule is CCOc1cc(CN2CC(C)OC(C)C2)cc(Br)c1O. The summed E-state index contributed by atoms with van der Waals surface area (Å²) in [6.45, 7) is 9.32. The molecule has 1 N–H and O–H groups in total. The van der Waals surface area contributed by atoms with Gasteiger partial charge in [-0.25, -0.2) is 0 Å². The largest absolute Gasteiger partial charge is 0.503 e. The number of benzene rings is 1. The molecule has 0 aliphatic carbocycles. The molecule has 1 aromatic rings.